The highest BCUT2D eigenvalue weighted by Crippen LogP contribution is 2.41. The van der Waals surface area contributed by atoms with E-state index in [1.54, 1.807) is 19.6 Å². The maximum atomic E-state index is 5.85. The lowest BCUT2D eigenvalue weighted by atomic mass is 10.1. The molecule has 0 saturated carbocycles. The van der Waals surface area contributed by atoms with E-state index in [0.717, 1.165) is 21.0 Å². The summed E-state index contributed by atoms with van der Waals surface area (Å²) in [6.45, 7) is 0. The molecule has 0 aliphatic rings. The van der Waals surface area contributed by atoms with Crippen LogP contribution in [0.4, 0.5) is 5.82 Å². The topological polar surface area (TPSA) is 77.1 Å². The zero-order chi connectivity index (χ0) is 12.7. The molecule has 0 saturated heterocycles. The van der Waals surface area contributed by atoms with Gasteiger partial charge in [0.15, 0.2) is 11.3 Å². The number of aromatic amines is 1. The number of furan rings is 1. The number of nitrogens with two attached hydrogens (primary N) is 1. The minimum Gasteiger partial charge on any atom is -0.493 e. The van der Waals surface area contributed by atoms with E-state index in [-0.39, 0.29) is 0 Å². The third kappa shape index (κ3) is 1.49. The van der Waals surface area contributed by atoms with E-state index in [1.807, 2.05) is 12.1 Å². The molecule has 0 aliphatic carbocycles. The van der Waals surface area contributed by atoms with Crippen LogP contribution in [0.15, 0.2) is 33.5 Å². The quantitative estimate of drug-likeness (QED) is 0.762. The van der Waals surface area contributed by atoms with Gasteiger partial charge < -0.3 is 14.9 Å². The van der Waals surface area contributed by atoms with Crippen molar-refractivity contribution >= 4 is 32.7 Å². The number of hydrogen-bond donors (Lipinski definition) is 2. The number of rotatable bonds is 2. The van der Waals surface area contributed by atoms with Crippen molar-refractivity contribution in [3.63, 3.8) is 0 Å². The second-order valence-electron chi connectivity index (χ2n) is 3.80. The zero-order valence-electron chi connectivity index (χ0n) is 9.53. The Morgan fingerprint density at radius 1 is 1.44 bits per heavy atom. The smallest absolute Gasteiger partial charge is 0.176 e. The predicted molar refractivity (Wildman–Crippen MR) is 72.5 cm³/mol. The van der Waals surface area contributed by atoms with Crippen molar-refractivity contribution < 1.29 is 9.15 Å². The number of benzene rings is 1. The molecule has 2 aromatic heterocycles. The highest BCUT2D eigenvalue weighted by Gasteiger charge is 2.16. The fourth-order valence-corrected chi connectivity index (χ4v) is 2.58. The number of nitrogens with zero attached hydrogens (tertiary/aromatic N) is 1. The molecule has 92 valence electrons. The van der Waals surface area contributed by atoms with Crippen LogP contribution in [-0.4, -0.2) is 17.3 Å². The van der Waals surface area contributed by atoms with Crippen LogP contribution in [0.5, 0.6) is 5.75 Å². The summed E-state index contributed by atoms with van der Waals surface area (Å²) in [6, 6.07) is 3.75. The van der Waals surface area contributed by atoms with Crippen LogP contribution in [0.3, 0.4) is 0 Å². The van der Waals surface area contributed by atoms with Gasteiger partial charge in [0.1, 0.15) is 5.82 Å². The largest absolute Gasteiger partial charge is 0.493 e. The molecule has 5 nitrogen and oxygen atoms in total. The van der Waals surface area contributed by atoms with Crippen LogP contribution >= 0.6 is 15.9 Å². The van der Waals surface area contributed by atoms with Gasteiger partial charge in [-0.25, -0.2) is 0 Å². The number of nitrogens with one attached hydrogen (secondary N) is 1. The summed E-state index contributed by atoms with van der Waals surface area (Å²) in [6.07, 6.45) is 3.31. The number of anilines is 1. The van der Waals surface area contributed by atoms with Crippen LogP contribution in [0, 0.1) is 0 Å². The summed E-state index contributed by atoms with van der Waals surface area (Å²) in [5, 5.41) is 7.58. The normalized spacial score (nSPS) is 11.0. The number of nitrogen functional groups attached to an aromatic ring is 1. The molecule has 6 heteroatoms. The fraction of sp³-hybridized carbons (Fsp3) is 0.0833. The summed E-state index contributed by atoms with van der Waals surface area (Å²) < 4.78 is 11.6. The van der Waals surface area contributed by atoms with Crippen molar-refractivity contribution in [2.45, 2.75) is 0 Å². The maximum Gasteiger partial charge on any atom is 0.176 e. The van der Waals surface area contributed by atoms with Crippen molar-refractivity contribution in [2.24, 2.45) is 0 Å². The highest BCUT2D eigenvalue weighted by molar-refractivity contribution is 9.10. The van der Waals surface area contributed by atoms with E-state index in [0.29, 0.717) is 17.2 Å². The van der Waals surface area contributed by atoms with Gasteiger partial charge in [-0.2, -0.15) is 5.10 Å². The lowest BCUT2D eigenvalue weighted by Crippen LogP contribution is -1.90. The Morgan fingerprint density at radius 2 is 2.28 bits per heavy atom. The van der Waals surface area contributed by atoms with E-state index >= 15 is 0 Å². The standard InChI is InChI=1S/C12H10BrN3O2/c1-17-9-4-7(8-5-15-16-12(8)14)10(13)6-2-3-18-11(6)9/h2-5H,1H3,(H3,14,15,16). The first-order chi connectivity index (χ1) is 8.72. The molecule has 0 radical (unpaired) electrons. The van der Waals surface area contributed by atoms with Gasteiger partial charge in [-0.3, -0.25) is 5.10 Å². The SMILES string of the molecule is COc1cc(-c2cn[nH]c2N)c(Br)c2ccoc12. The first kappa shape index (κ1) is 11.2. The molecule has 1 aromatic carbocycles. The molecule has 3 rings (SSSR count). The maximum absolute atomic E-state index is 5.85. The molecular formula is C12H10BrN3O2. The van der Waals surface area contributed by atoms with E-state index in [2.05, 4.69) is 26.1 Å². The molecule has 0 aliphatic heterocycles. The zero-order valence-corrected chi connectivity index (χ0v) is 11.1. The van der Waals surface area contributed by atoms with Gasteiger partial charge in [-0.05, 0) is 28.1 Å². The lowest BCUT2D eigenvalue weighted by Gasteiger charge is -2.08. The molecule has 0 bridgehead atoms. The molecule has 0 spiro atoms. The van der Waals surface area contributed by atoms with Crippen LogP contribution in [0.2, 0.25) is 0 Å². The second-order valence-corrected chi connectivity index (χ2v) is 4.59. The Hall–Kier alpha value is -1.95. The molecule has 18 heavy (non-hydrogen) atoms. The van der Waals surface area contributed by atoms with Crippen molar-refractivity contribution in [1.29, 1.82) is 0 Å². The summed E-state index contributed by atoms with van der Waals surface area (Å²) in [7, 11) is 1.60. The van der Waals surface area contributed by atoms with Gasteiger partial charge in [-0.1, -0.05) is 0 Å². The Labute approximate surface area is 111 Å². The first-order valence-electron chi connectivity index (χ1n) is 5.25. The second kappa shape index (κ2) is 4.06. The number of aromatic nitrogens is 2. The molecule has 3 N–H and O–H groups in total. The molecule has 0 amide bonds. The monoisotopic (exact) mass is 307 g/mol. The lowest BCUT2D eigenvalue weighted by molar-refractivity contribution is 0.410. The Morgan fingerprint density at radius 3 is 2.94 bits per heavy atom. The average molecular weight is 308 g/mol. The van der Waals surface area contributed by atoms with Gasteiger partial charge in [-0.15, -0.1) is 0 Å². The first-order valence-corrected chi connectivity index (χ1v) is 6.04. The number of halogens is 1. The van der Waals surface area contributed by atoms with Gasteiger partial charge in [0.25, 0.3) is 0 Å². The van der Waals surface area contributed by atoms with E-state index in [1.165, 1.54) is 0 Å². The molecule has 3 aromatic rings. The summed E-state index contributed by atoms with van der Waals surface area (Å²) in [4.78, 5) is 0. The van der Waals surface area contributed by atoms with Crippen molar-refractivity contribution in [1.82, 2.24) is 10.2 Å². The molecule has 2 heterocycles. The molecule has 0 fully saturated rings. The van der Waals surface area contributed by atoms with Crippen molar-refractivity contribution in [2.75, 3.05) is 12.8 Å². The van der Waals surface area contributed by atoms with E-state index < -0.39 is 0 Å². The number of ether oxygens (including phenoxy) is 1. The van der Waals surface area contributed by atoms with Crippen LogP contribution in [-0.2, 0) is 0 Å². The third-order valence-corrected chi connectivity index (χ3v) is 3.67. The number of H-pyrrole nitrogens is 1. The van der Waals surface area contributed by atoms with Crippen molar-refractivity contribution in [3.8, 4) is 16.9 Å². The number of methoxy groups -OCH3 is 1. The van der Waals surface area contributed by atoms with Crippen molar-refractivity contribution in [3.05, 3.63) is 29.1 Å². The summed E-state index contributed by atoms with van der Waals surface area (Å²) in [5.74, 6) is 1.18. The fourth-order valence-electron chi connectivity index (χ4n) is 1.94. The van der Waals surface area contributed by atoms with Crippen LogP contribution in [0.1, 0.15) is 0 Å². The Bertz CT molecular complexity index is 717. The summed E-state index contributed by atoms with van der Waals surface area (Å²) >= 11 is 3.57. The van der Waals surface area contributed by atoms with Gasteiger partial charge in [0.05, 0.1) is 19.6 Å². The van der Waals surface area contributed by atoms with Gasteiger partial charge in [0, 0.05) is 21.0 Å². The average Bonchev–Trinajstić information content (AvgIpc) is 2.99. The van der Waals surface area contributed by atoms with E-state index in [9.17, 15) is 0 Å². The highest BCUT2D eigenvalue weighted by atomic mass is 79.9. The van der Waals surface area contributed by atoms with Gasteiger partial charge >= 0.3 is 0 Å². The van der Waals surface area contributed by atoms with Crippen LogP contribution < -0.4 is 10.5 Å². The minimum atomic E-state index is 0.514. The number of fused-ring (bicyclic) bond motifs is 1. The van der Waals surface area contributed by atoms with Crippen LogP contribution in [0.25, 0.3) is 22.1 Å². The number of hydrogen-bond acceptors (Lipinski definition) is 4. The van der Waals surface area contributed by atoms with Gasteiger partial charge in [0.2, 0.25) is 0 Å². The Kier molecular flexibility index (Phi) is 2.52. The molecule has 0 unspecified atom stereocenters. The summed E-state index contributed by atoms with van der Waals surface area (Å²) in [5.41, 5.74) is 8.28. The molecule has 0 atom stereocenters. The Balaban J connectivity index is 2.36. The van der Waals surface area contributed by atoms with E-state index in [4.69, 9.17) is 14.9 Å². The third-order valence-electron chi connectivity index (χ3n) is 2.82. The predicted octanol–water partition coefficient (Wildman–Crippen LogP) is 3.18. The molecular weight excluding hydrogens is 298 g/mol. The minimum absolute atomic E-state index is 0.514.